The topological polar surface area (TPSA) is 55.0 Å². The molecule has 0 radical (unpaired) electrons. The first-order valence-corrected chi connectivity index (χ1v) is 6.07. The number of anilines is 2. The van der Waals surface area contributed by atoms with Crippen LogP contribution in [0.3, 0.4) is 0 Å². The summed E-state index contributed by atoms with van der Waals surface area (Å²) in [6, 6.07) is 9.34. The van der Waals surface area contributed by atoms with Gasteiger partial charge in [-0.25, -0.2) is 4.98 Å². The van der Waals surface area contributed by atoms with E-state index in [9.17, 15) is 0 Å². The van der Waals surface area contributed by atoms with Gasteiger partial charge in [0.25, 0.3) is 0 Å². The van der Waals surface area contributed by atoms with Crippen molar-refractivity contribution in [3.63, 3.8) is 0 Å². The summed E-state index contributed by atoms with van der Waals surface area (Å²) < 4.78 is 0. The Labute approximate surface area is 111 Å². The summed E-state index contributed by atoms with van der Waals surface area (Å²) in [7, 11) is 1.94. The highest BCUT2D eigenvalue weighted by Crippen LogP contribution is 2.21. The molecular weight excluding hydrogens is 248 g/mol. The van der Waals surface area contributed by atoms with E-state index in [2.05, 4.69) is 9.97 Å². The molecule has 0 aliphatic rings. The molecule has 2 N–H and O–H groups in total. The van der Waals surface area contributed by atoms with Crippen LogP contribution in [0.15, 0.2) is 36.5 Å². The zero-order valence-corrected chi connectivity index (χ0v) is 10.9. The van der Waals surface area contributed by atoms with Gasteiger partial charge in [-0.05, 0) is 24.3 Å². The molecule has 2 heterocycles. The molecule has 0 atom stereocenters. The van der Waals surface area contributed by atoms with Crippen molar-refractivity contribution in [1.82, 2.24) is 9.97 Å². The molecule has 0 aromatic carbocycles. The van der Waals surface area contributed by atoms with Crippen molar-refractivity contribution >= 4 is 23.1 Å². The van der Waals surface area contributed by atoms with E-state index in [0.717, 1.165) is 18.7 Å². The first-order valence-electron chi connectivity index (χ1n) is 5.70. The zero-order valence-electron chi connectivity index (χ0n) is 10.2. The average molecular weight is 263 g/mol. The highest BCUT2D eigenvalue weighted by Gasteiger charge is 2.08. The Morgan fingerprint density at radius 2 is 2.11 bits per heavy atom. The van der Waals surface area contributed by atoms with Crippen LogP contribution in [0.25, 0.3) is 0 Å². The molecular formula is C13H15ClN4. The van der Waals surface area contributed by atoms with Crippen molar-refractivity contribution in [2.24, 2.45) is 0 Å². The van der Waals surface area contributed by atoms with Crippen molar-refractivity contribution < 1.29 is 0 Å². The fourth-order valence-corrected chi connectivity index (χ4v) is 1.82. The van der Waals surface area contributed by atoms with Gasteiger partial charge in [-0.3, -0.25) is 4.98 Å². The molecule has 2 aromatic rings. The molecule has 0 aliphatic carbocycles. The largest absolute Gasteiger partial charge is 0.396 e. The van der Waals surface area contributed by atoms with Crippen LogP contribution in [0.1, 0.15) is 5.69 Å². The summed E-state index contributed by atoms with van der Waals surface area (Å²) in [5.74, 6) is 0.707. The fraction of sp³-hybridized carbons (Fsp3) is 0.231. The molecule has 0 saturated carbocycles. The Balaban J connectivity index is 2.03. The van der Waals surface area contributed by atoms with Crippen LogP contribution >= 0.6 is 11.6 Å². The van der Waals surface area contributed by atoms with E-state index >= 15 is 0 Å². The summed E-state index contributed by atoms with van der Waals surface area (Å²) in [5, 5.41) is 0.448. The lowest BCUT2D eigenvalue weighted by molar-refractivity contribution is 0.840. The number of rotatable bonds is 4. The van der Waals surface area contributed by atoms with Crippen molar-refractivity contribution in [2.45, 2.75) is 6.42 Å². The van der Waals surface area contributed by atoms with Crippen molar-refractivity contribution in [3.05, 3.63) is 47.4 Å². The third kappa shape index (κ3) is 3.11. The van der Waals surface area contributed by atoms with Gasteiger partial charge in [-0.15, -0.1) is 0 Å². The molecule has 2 aromatic heterocycles. The number of hydrogen-bond acceptors (Lipinski definition) is 4. The maximum absolute atomic E-state index is 5.88. The molecule has 0 fully saturated rings. The van der Waals surface area contributed by atoms with Gasteiger partial charge < -0.3 is 10.6 Å². The van der Waals surface area contributed by atoms with Crippen LogP contribution in [0.2, 0.25) is 5.15 Å². The molecule has 2 rings (SSSR count). The van der Waals surface area contributed by atoms with Crippen molar-refractivity contribution in [1.29, 1.82) is 0 Å². The summed E-state index contributed by atoms with van der Waals surface area (Å²) in [5.41, 5.74) is 7.55. The maximum Gasteiger partial charge on any atom is 0.153 e. The highest BCUT2D eigenvalue weighted by atomic mass is 35.5. The number of halogens is 1. The SMILES string of the molecule is CN(CCc1ccccn1)c1nc(Cl)ccc1N. The minimum Gasteiger partial charge on any atom is -0.396 e. The number of hydrogen-bond donors (Lipinski definition) is 1. The monoisotopic (exact) mass is 262 g/mol. The van der Waals surface area contributed by atoms with Gasteiger partial charge in [-0.1, -0.05) is 17.7 Å². The second kappa shape index (κ2) is 5.69. The average Bonchev–Trinajstić information content (AvgIpc) is 2.40. The predicted octanol–water partition coefficient (Wildman–Crippen LogP) is 2.39. The first kappa shape index (κ1) is 12.6. The van der Waals surface area contributed by atoms with Crippen LogP contribution < -0.4 is 10.6 Å². The fourth-order valence-electron chi connectivity index (χ4n) is 1.68. The second-order valence-corrected chi connectivity index (χ2v) is 4.43. The Morgan fingerprint density at radius 1 is 1.28 bits per heavy atom. The minimum atomic E-state index is 0.448. The molecule has 0 unspecified atom stereocenters. The van der Waals surface area contributed by atoms with E-state index < -0.39 is 0 Å². The lowest BCUT2D eigenvalue weighted by Crippen LogP contribution is -2.22. The van der Waals surface area contributed by atoms with Crippen molar-refractivity contribution in [2.75, 3.05) is 24.2 Å². The van der Waals surface area contributed by atoms with E-state index in [-0.39, 0.29) is 0 Å². The Morgan fingerprint density at radius 3 is 2.83 bits per heavy atom. The van der Waals surface area contributed by atoms with E-state index in [0.29, 0.717) is 16.7 Å². The molecule has 0 bridgehead atoms. The molecule has 94 valence electrons. The highest BCUT2D eigenvalue weighted by molar-refractivity contribution is 6.29. The lowest BCUT2D eigenvalue weighted by Gasteiger charge is -2.19. The number of aromatic nitrogens is 2. The normalized spacial score (nSPS) is 10.3. The number of nitrogens with two attached hydrogens (primary N) is 1. The summed E-state index contributed by atoms with van der Waals surface area (Å²) in [6.07, 6.45) is 2.63. The molecule has 0 spiro atoms. The quantitative estimate of drug-likeness (QED) is 0.860. The van der Waals surface area contributed by atoms with Gasteiger partial charge in [0.15, 0.2) is 5.82 Å². The molecule has 0 aliphatic heterocycles. The van der Waals surface area contributed by atoms with Gasteiger partial charge in [0, 0.05) is 31.9 Å². The van der Waals surface area contributed by atoms with Crippen LogP contribution in [0.5, 0.6) is 0 Å². The molecule has 0 saturated heterocycles. The third-order valence-electron chi connectivity index (χ3n) is 2.66. The number of nitrogens with zero attached hydrogens (tertiary/aromatic N) is 3. The van der Waals surface area contributed by atoms with E-state index in [1.54, 1.807) is 18.3 Å². The van der Waals surface area contributed by atoms with E-state index in [1.807, 2.05) is 30.1 Å². The van der Waals surface area contributed by atoms with Crippen LogP contribution in [0, 0.1) is 0 Å². The van der Waals surface area contributed by atoms with Crippen LogP contribution in [0.4, 0.5) is 11.5 Å². The summed E-state index contributed by atoms with van der Waals surface area (Å²) in [6.45, 7) is 0.786. The second-order valence-electron chi connectivity index (χ2n) is 4.04. The lowest BCUT2D eigenvalue weighted by atomic mass is 10.2. The minimum absolute atomic E-state index is 0.448. The number of nitrogen functional groups attached to an aromatic ring is 1. The first-order chi connectivity index (χ1) is 8.66. The Hall–Kier alpha value is -1.81. The van der Waals surface area contributed by atoms with Crippen LogP contribution in [-0.2, 0) is 6.42 Å². The Kier molecular flexibility index (Phi) is 3.99. The summed E-state index contributed by atoms with van der Waals surface area (Å²) >= 11 is 5.87. The number of likely N-dealkylation sites (N-methyl/N-ethyl adjacent to an activating group) is 1. The van der Waals surface area contributed by atoms with Gasteiger partial charge >= 0.3 is 0 Å². The number of pyridine rings is 2. The Bertz CT molecular complexity index is 516. The molecule has 18 heavy (non-hydrogen) atoms. The zero-order chi connectivity index (χ0) is 13.0. The van der Waals surface area contributed by atoms with E-state index in [4.69, 9.17) is 17.3 Å². The van der Waals surface area contributed by atoms with Crippen molar-refractivity contribution in [3.8, 4) is 0 Å². The maximum atomic E-state index is 5.88. The molecule has 5 heteroatoms. The van der Waals surface area contributed by atoms with E-state index in [1.165, 1.54) is 0 Å². The standard InChI is InChI=1S/C13H15ClN4/c1-18(9-7-10-4-2-3-8-16-10)13-11(15)5-6-12(14)17-13/h2-6,8H,7,9,15H2,1H3. The third-order valence-corrected chi connectivity index (χ3v) is 2.87. The summed E-state index contributed by atoms with van der Waals surface area (Å²) in [4.78, 5) is 10.5. The van der Waals surface area contributed by atoms with Crippen LogP contribution in [-0.4, -0.2) is 23.6 Å². The molecule has 0 amide bonds. The van der Waals surface area contributed by atoms with Gasteiger partial charge in [0.2, 0.25) is 0 Å². The smallest absolute Gasteiger partial charge is 0.153 e. The van der Waals surface area contributed by atoms with Gasteiger partial charge in [0.05, 0.1) is 5.69 Å². The predicted molar refractivity (Wildman–Crippen MR) is 74.9 cm³/mol. The molecule has 4 nitrogen and oxygen atoms in total. The van der Waals surface area contributed by atoms with Gasteiger partial charge in [-0.2, -0.15) is 0 Å². The van der Waals surface area contributed by atoms with Gasteiger partial charge in [0.1, 0.15) is 5.15 Å².